The molecule has 2 N–H and O–H groups in total. The van der Waals surface area contributed by atoms with Crippen molar-refractivity contribution in [2.75, 3.05) is 34.2 Å². The van der Waals surface area contributed by atoms with Crippen molar-refractivity contribution < 1.29 is 24.1 Å². The number of carbonyl (C=O) groups excluding carboxylic acids is 3. The van der Waals surface area contributed by atoms with E-state index in [0.29, 0.717) is 6.54 Å². The second-order valence-electron chi connectivity index (χ2n) is 9.09. The van der Waals surface area contributed by atoms with Gasteiger partial charge in [0, 0.05) is 20.0 Å². The maximum Gasteiger partial charge on any atom is 0.256 e. The summed E-state index contributed by atoms with van der Waals surface area (Å²) in [5, 5.41) is 0. The summed E-state index contributed by atoms with van der Waals surface area (Å²) in [6.07, 6.45) is 0.410. The van der Waals surface area contributed by atoms with Gasteiger partial charge in [-0.2, -0.15) is 0 Å². The van der Waals surface area contributed by atoms with Gasteiger partial charge >= 0.3 is 0 Å². The monoisotopic (exact) mass is 402 g/mol. The normalized spacial score (nSPS) is 13.2. The Morgan fingerprint density at radius 1 is 0.857 bits per heavy atom. The molecule has 9 nitrogen and oxygen atoms in total. The average molecular weight is 403 g/mol. The standard InChI is InChI=1S/C19H38N4O5/c1-18(2,3)27-20-15(24)13-14(16(25)21-28-19(4,5)6)17(26)23(9)12-10-11-22(7)8/h14H,10-13H2,1-9H3,(H,20,24)(H,21,25). The van der Waals surface area contributed by atoms with Crippen LogP contribution in [0.3, 0.4) is 0 Å². The van der Waals surface area contributed by atoms with Crippen molar-refractivity contribution in [1.29, 1.82) is 0 Å². The van der Waals surface area contributed by atoms with Gasteiger partial charge in [0.05, 0.1) is 11.2 Å². The van der Waals surface area contributed by atoms with Crippen LogP contribution in [0.2, 0.25) is 0 Å². The van der Waals surface area contributed by atoms with Gasteiger partial charge in [-0.25, -0.2) is 11.0 Å². The Labute approximate surface area is 169 Å². The van der Waals surface area contributed by atoms with E-state index in [4.69, 9.17) is 9.68 Å². The summed E-state index contributed by atoms with van der Waals surface area (Å²) in [6.45, 7) is 11.9. The zero-order chi connectivity index (χ0) is 22.1. The highest BCUT2D eigenvalue weighted by molar-refractivity contribution is 6.02. The maximum atomic E-state index is 12.8. The van der Waals surface area contributed by atoms with E-state index >= 15 is 0 Å². The molecule has 0 bridgehead atoms. The van der Waals surface area contributed by atoms with E-state index in [2.05, 4.69) is 11.0 Å². The fourth-order valence-corrected chi connectivity index (χ4v) is 2.00. The predicted octanol–water partition coefficient (Wildman–Crippen LogP) is 1.10. The number of hydrogen-bond acceptors (Lipinski definition) is 6. The van der Waals surface area contributed by atoms with E-state index in [1.54, 1.807) is 48.6 Å². The lowest BCUT2D eigenvalue weighted by molar-refractivity contribution is -0.160. The summed E-state index contributed by atoms with van der Waals surface area (Å²) in [7, 11) is 5.51. The molecule has 0 aromatic carbocycles. The summed E-state index contributed by atoms with van der Waals surface area (Å²) >= 11 is 0. The maximum absolute atomic E-state index is 12.8. The van der Waals surface area contributed by atoms with E-state index < -0.39 is 34.8 Å². The van der Waals surface area contributed by atoms with Crippen molar-refractivity contribution in [2.45, 2.75) is 65.6 Å². The summed E-state index contributed by atoms with van der Waals surface area (Å²) in [5.41, 5.74) is 3.38. The molecular formula is C19H38N4O5. The molecule has 0 fully saturated rings. The lowest BCUT2D eigenvalue weighted by atomic mass is 10.0. The van der Waals surface area contributed by atoms with Gasteiger partial charge in [-0.1, -0.05) is 0 Å². The number of hydrogen-bond donors (Lipinski definition) is 2. The van der Waals surface area contributed by atoms with Crippen LogP contribution in [0.15, 0.2) is 0 Å². The van der Waals surface area contributed by atoms with Crippen molar-refractivity contribution in [1.82, 2.24) is 20.8 Å². The lowest BCUT2D eigenvalue weighted by Crippen LogP contribution is -2.47. The molecule has 9 heteroatoms. The first kappa shape index (κ1) is 26.3. The molecule has 0 spiro atoms. The second-order valence-corrected chi connectivity index (χ2v) is 9.09. The van der Waals surface area contributed by atoms with Gasteiger partial charge in [0.2, 0.25) is 11.8 Å². The molecule has 0 aromatic heterocycles. The van der Waals surface area contributed by atoms with Crippen molar-refractivity contribution in [3.05, 3.63) is 0 Å². The molecule has 0 aromatic rings. The molecule has 28 heavy (non-hydrogen) atoms. The number of carbonyl (C=O) groups is 3. The smallest absolute Gasteiger partial charge is 0.256 e. The van der Waals surface area contributed by atoms with Gasteiger partial charge in [-0.15, -0.1) is 0 Å². The summed E-state index contributed by atoms with van der Waals surface area (Å²) in [5.74, 6) is -2.87. The van der Waals surface area contributed by atoms with Crippen LogP contribution in [0.25, 0.3) is 0 Å². The van der Waals surface area contributed by atoms with Gasteiger partial charge in [0.1, 0.15) is 5.92 Å². The number of hydroxylamine groups is 2. The minimum atomic E-state index is -1.21. The first-order valence-electron chi connectivity index (χ1n) is 9.47. The Balaban J connectivity index is 5.07. The molecule has 0 saturated heterocycles. The van der Waals surface area contributed by atoms with Gasteiger partial charge in [0.25, 0.3) is 5.91 Å². The van der Waals surface area contributed by atoms with Gasteiger partial charge in [0.15, 0.2) is 0 Å². The third-order valence-electron chi connectivity index (χ3n) is 3.41. The van der Waals surface area contributed by atoms with Crippen LogP contribution in [0, 0.1) is 5.92 Å². The van der Waals surface area contributed by atoms with Crippen LogP contribution in [-0.2, 0) is 24.1 Å². The van der Waals surface area contributed by atoms with E-state index in [0.717, 1.165) is 13.0 Å². The van der Waals surface area contributed by atoms with Crippen molar-refractivity contribution >= 4 is 17.7 Å². The molecule has 0 radical (unpaired) electrons. The van der Waals surface area contributed by atoms with Crippen molar-refractivity contribution in [3.8, 4) is 0 Å². The van der Waals surface area contributed by atoms with E-state index in [1.165, 1.54) is 4.90 Å². The number of rotatable bonds is 10. The molecule has 0 aliphatic rings. The lowest BCUT2D eigenvalue weighted by Gasteiger charge is -2.26. The first-order chi connectivity index (χ1) is 12.6. The zero-order valence-corrected chi connectivity index (χ0v) is 18.8. The van der Waals surface area contributed by atoms with Gasteiger partial charge in [-0.3, -0.25) is 24.1 Å². The predicted molar refractivity (Wildman–Crippen MR) is 107 cm³/mol. The van der Waals surface area contributed by atoms with Gasteiger partial charge < -0.3 is 9.80 Å². The van der Waals surface area contributed by atoms with E-state index in [-0.39, 0.29) is 6.42 Å². The number of nitrogens with zero attached hydrogens (tertiary/aromatic N) is 2. The zero-order valence-electron chi connectivity index (χ0n) is 18.8. The van der Waals surface area contributed by atoms with Gasteiger partial charge in [-0.05, 0) is 68.6 Å². The molecule has 0 saturated carbocycles. The second kappa shape index (κ2) is 11.3. The van der Waals surface area contributed by atoms with Crippen LogP contribution >= 0.6 is 0 Å². The molecule has 0 rings (SSSR count). The SMILES string of the molecule is CN(C)CCCN(C)C(=O)C(CC(=O)NOC(C)(C)C)C(=O)NOC(C)(C)C. The van der Waals surface area contributed by atoms with Crippen LogP contribution in [0.1, 0.15) is 54.4 Å². The largest absolute Gasteiger partial charge is 0.345 e. The average Bonchev–Trinajstić information content (AvgIpc) is 2.53. The van der Waals surface area contributed by atoms with E-state index in [9.17, 15) is 14.4 Å². The Morgan fingerprint density at radius 2 is 1.36 bits per heavy atom. The number of amides is 3. The molecule has 0 heterocycles. The minimum absolute atomic E-state index is 0.341. The Kier molecular flexibility index (Phi) is 10.6. The fourth-order valence-electron chi connectivity index (χ4n) is 2.00. The van der Waals surface area contributed by atoms with Crippen LogP contribution in [-0.4, -0.2) is 73.0 Å². The summed E-state index contributed by atoms with van der Waals surface area (Å²) < 4.78 is 0. The van der Waals surface area contributed by atoms with Crippen LogP contribution in [0.4, 0.5) is 0 Å². The topological polar surface area (TPSA) is 100 Å². The highest BCUT2D eigenvalue weighted by atomic mass is 16.7. The molecule has 3 amide bonds. The highest BCUT2D eigenvalue weighted by Gasteiger charge is 2.33. The third kappa shape index (κ3) is 12.6. The van der Waals surface area contributed by atoms with Crippen molar-refractivity contribution in [2.24, 2.45) is 5.92 Å². The highest BCUT2D eigenvalue weighted by Crippen LogP contribution is 2.12. The molecule has 1 atom stereocenters. The minimum Gasteiger partial charge on any atom is -0.345 e. The van der Waals surface area contributed by atoms with Crippen molar-refractivity contribution in [3.63, 3.8) is 0 Å². The summed E-state index contributed by atoms with van der Waals surface area (Å²) in [4.78, 5) is 51.5. The molecular weight excluding hydrogens is 364 g/mol. The van der Waals surface area contributed by atoms with Crippen LogP contribution in [0.5, 0.6) is 0 Å². The molecule has 0 aliphatic heterocycles. The fraction of sp³-hybridized carbons (Fsp3) is 0.842. The Hall–Kier alpha value is -1.71. The third-order valence-corrected chi connectivity index (χ3v) is 3.41. The first-order valence-corrected chi connectivity index (χ1v) is 9.47. The summed E-state index contributed by atoms with van der Waals surface area (Å²) in [6, 6.07) is 0. The Morgan fingerprint density at radius 3 is 1.82 bits per heavy atom. The quantitative estimate of drug-likeness (QED) is 0.419. The molecule has 1 unspecified atom stereocenters. The number of nitrogens with one attached hydrogen (secondary N) is 2. The van der Waals surface area contributed by atoms with Crippen LogP contribution < -0.4 is 11.0 Å². The van der Waals surface area contributed by atoms with E-state index in [1.807, 2.05) is 19.0 Å². The Bertz CT molecular complexity index is 523. The molecule has 0 aliphatic carbocycles. The molecule has 164 valence electrons.